The molecule has 0 fully saturated rings. The molecule has 0 aliphatic rings. The van der Waals surface area contributed by atoms with Crippen LogP contribution in [-0.2, 0) is 14.8 Å². The Morgan fingerprint density at radius 2 is 1.70 bits per heavy atom. The first kappa shape index (κ1) is 21.7. The maximum Gasteiger partial charge on any atom is 0.238 e. The normalized spacial score (nSPS) is 12.8. The van der Waals surface area contributed by atoms with Crippen molar-refractivity contribution >= 4 is 44.8 Å². The summed E-state index contributed by atoms with van der Waals surface area (Å²) < 4.78 is 22.7. The number of hydrogen-bond donors (Lipinski definition) is 2. The van der Waals surface area contributed by atoms with Crippen molar-refractivity contribution in [3.05, 3.63) is 58.1 Å². The zero-order valence-electron chi connectivity index (χ0n) is 14.9. The smallest absolute Gasteiger partial charge is 0.238 e. The Morgan fingerprint density at radius 3 is 2.22 bits per heavy atom. The largest absolute Gasteiger partial charge is 0.324 e. The molecule has 2 aromatic rings. The second-order valence-corrected chi connectivity index (χ2v) is 8.54. The highest BCUT2D eigenvalue weighted by Crippen LogP contribution is 2.30. The van der Waals surface area contributed by atoms with Crippen molar-refractivity contribution in [2.24, 2.45) is 5.14 Å². The van der Waals surface area contributed by atoms with Gasteiger partial charge in [0.15, 0.2) is 0 Å². The number of carbonyl (C=O) groups excluding carboxylic acids is 1. The van der Waals surface area contributed by atoms with Crippen molar-refractivity contribution in [2.75, 3.05) is 18.9 Å². The van der Waals surface area contributed by atoms with Crippen LogP contribution in [-0.4, -0.2) is 32.8 Å². The van der Waals surface area contributed by atoms with E-state index in [1.807, 2.05) is 18.9 Å². The molecular weight excluding hydrogens is 409 g/mol. The van der Waals surface area contributed by atoms with Crippen molar-refractivity contribution in [3.63, 3.8) is 0 Å². The minimum absolute atomic E-state index is 0.0174. The number of benzene rings is 2. The van der Waals surface area contributed by atoms with Gasteiger partial charge in [0, 0.05) is 19.0 Å². The number of hydrogen-bond acceptors (Lipinski definition) is 4. The lowest BCUT2D eigenvalue weighted by Crippen LogP contribution is -2.27. The van der Waals surface area contributed by atoms with Gasteiger partial charge in [-0.2, -0.15) is 0 Å². The molecule has 0 aliphatic heterocycles. The molecule has 3 N–H and O–H groups in total. The Morgan fingerprint density at radius 1 is 1.15 bits per heavy atom. The van der Waals surface area contributed by atoms with E-state index < -0.39 is 10.0 Å². The first-order valence-corrected chi connectivity index (χ1v) is 10.5. The number of nitrogens with two attached hydrogens (primary N) is 1. The molecule has 2 rings (SSSR count). The SMILES string of the molecule is CC(c1ccc(S(N)(=O)=O)cc1)N(C)CCC(=O)Nc1c(Cl)cccc1Cl. The lowest BCUT2D eigenvalue weighted by Gasteiger charge is -2.25. The fourth-order valence-electron chi connectivity index (χ4n) is 2.48. The molecule has 1 atom stereocenters. The molecule has 27 heavy (non-hydrogen) atoms. The molecule has 0 aromatic heterocycles. The number of primary sulfonamides is 1. The van der Waals surface area contributed by atoms with Crippen LogP contribution in [0.3, 0.4) is 0 Å². The zero-order valence-corrected chi connectivity index (χ0v) is 17.3. The van der Waals surface area contributed by atoms with E-state index in [1.165, 1.54) is 12.1 Å². The number of carbonyl (C=O) groups is 1. The van der Waals surface area contributed by atoms with Crippen LogP contribution in [0.15, 0.2) is 47.4 Å². The van der Waals surface area contributed by atoms with Crippen LogP contribution in [0.4, 0.5) is 5.69 Å². The quantitative estimate of drug-likeness (QED) is 0.701. The summed E-state index contributed by atoms with van der Waals surface area (Å²) in [4.78, 5) is 14.3. The predicted octanol–water partition coefficient (Wildman–Crippen LogP) is 3.66. The molecule has 146 valence electrons. The van der Waals surface area contributed by atoms with E-state index in [1.54, 1.807) is 30.3 Å². The van der Waals surface area contributed by atoms with Crippen molar-refractivity contribution in [2.45, 2.75) is 24.3 Å². The minimum atomic E-state index is -3.71. The molecule has 0 bridgehead atoms. The van der Waals surface area contributed by atoms with Crippen molar-refractivity contribution in [3.8, 4) is 0 Å². The van der Waals surface area contributed by atoms with Crippen LogP contribution < -0.4 is 10.5 Å². The van der Waals surface area contributed by atoms with Crippen LogP contribution in [0.25, 0.3) is 0 Å². The molecule has 0 saturated heterocycles. The maximum atomic E-state index is 12.2. The monoisotopic (exact) mass is 429 g/mol. The molecule has 1 unspecified atom stereocenters. The maximum absolute atomic E-state index is 12.2. The van der Waals surface area contributed by atoms with Crippen molar-refractivity contribution < 1.29 is 13.2 Å². The summed E-state index contributed by atoms with van der Waals surface area (Å²) in [5.41, 5.74) is 1.32. The zero-order chi connectivity index (χ0) is 20.2. The second kappa shape index (κ2) is 9.03. The third-order valence-corrected chi connectivity index (χ3v) is 5.83. The Balaban J connectivity index is 1.94. The van der Waals surface area contributed by atoms with Gasteiger partial charge < -0.3 is 5.32 Å². The number of sulfonamides is 1. The first-order chi connectivity index (χ1) is 12.6. The third-order valence-electron chi connectivity index (χ3n) is 4.27. The van der Waals surface area contributed by atoms with E-state index in [-0.39, 0.29) is 23.3 Å². The Labute approximate surface area is 169 Å². The summed E-state index contributed by atoms with van der Waals surface area (Å²) in [6.07, 6.45) is 0.248. The summed E-state index contributed by atoms with van der Waals surface area (Å²) in [5.74, 6) is -0.200. The highest BCUT2D eigenvalue weighted by atomic mass is 35.5. The summed E-state index contributed by atoms with van der Waals surface area (Å²) in [5, 5.41) is 8.60. The number of rotatable bonds is 7. The molecule has 0 heterocycles. The minimum Gasteiger partial charge on any atom is -0.324 e. The summed E-state index contributed by atoms with van der Waals surface area (Å²) in [6.45, 7) is 2.46. The highest BCUT2D eigenvalue weighted by molar-refractivity contribution is 7.89. The van der Waals surface area contributed by atoms with Gasteiger partial charge in [-0.15, -0.1) is 0 Å². The number of halogens is 2. The van der Waals surface area contributed by atoms with Gasteiger partial charge in [-0.1, -0.05) is 41.4 Å². The van der Waals surface area contributed by atoms with Gasteiger partial charge in [-0.05, 0) is 43.8 Å². The first-order valence-electron chi connectivity index (χ1n) is 8.16. The van der Waals surface area contributed by atoms with Gasteiger partial charge in [0.1, 0.15) is 0 Å². The Bertz CT molecular complexity index is 898. The molecule has 0 aliphatic carbocycles. The van der Waals surface area contributed by atoms with Gasteiger partial charge in [0.2, 0.25) is 15.9 Å². The van der Waals surface area contributed by atoms with Gasteiger partial charge in [-0.25, -0.2) is 13.6 Å². The van der Waals surface area contributed by atoms with E-state index in [0.29, 0.717) is 22.3 Å². The van der Waals surface area contributed by atoms with Gasteiger partial charge in [-0.3, -0.25) is 9.69 Å². The predicted molar refractivity (Wildman–Crippen MR) is 109 cm³/mol. The van der Waals surface area contributed by atoms with E-state index in [9.17, 15) is 13.2 Å². The molecule has 2 aromatic carbocycles. The average Bonchev–Trinajstić information content (AvgIpc) is 2.61. The molecule has 0 spiro atoms. The number of amides is 1. The third kappa shape index (κ3) is 5.92. The van der Waals surface area contributed by atoms with E-state index in [0.717, 1.165) is 5.56 Å². The molecule has 0 saturated carbocycles. The average molecular weight is 430 g/mol. The second-order valence-electron chi connectivity index (χ2n) is 6.17. The van der Waals surface area contributed by atoms with Crippen LogP contribution in [0.1, 0.15) is 24.9 Å². The van der Waals surface area contributed by atoms with Gasteiger partial charge >= 0.3 is 0 Å². The standard InChI is InChI=1S/C18H21Cl2N3O3S/c1-12(13-6-8-14(9-7-13)27(21,25)26)23(2)11-10-17(24)22-18-15(19)4-3-5-16(18)20/h3-9,12H,10-11H2,1-2H3,(H,22,24)(H2,21,25,26). The lowest BCUT2D eigenvalue weighted by atomic mass is 10.1. The van der Waals surface area contributed by atoms with E-state index in [4.69, 9.17) is 28.3 Å². The van der Waals surface area contributed by atoms with Crippen molar-refractivity contribution in [1.29, 1.82) is 0 Å². The van der Waals surface area contributed by atoms with E-state index in [2.05, 4.69) is 5.32 Å². The topological polar surface area (TPSA) is 92.5 Å². The Kier molecular flexibility index (Phi) is 7.25. The molecular formula is C18H21Cl2N3O3S. The number of nitrogens with one attached hydrogen (secondary N) is 1. The molecule has 0 radical (unpaired) electrons. The summed E-state index contributed by atoms with van der Waals surface area (Å²) in [6, 6.07) is 11.4. The summed E-state index contributed by atoms with van der Waals surface area (Å²) in [7, 11) is -1.83. The summed E-state index contributed by atoms with van der Waals surface area (Å²) >= 11 is 12.1. The van der Waals surface area contributed by atoms with Crippen LogP contribution in [0, 0.1) is 0 Å². The number of nitrogens with zero attached hydrogens (tertiary/aromatic N) is 1. The van der Waals surface area contributed by atoms with Crippen LogP contribution >= 0.6 is 23.2 Å². The molecule has 6 nitrogen and oxygen atoms in total. The number of anilines is 1. The van der Waals surface area contributed by atoms with Gasteiger partial charge in [0.05, 0.1) is 20.6 Å². The van der Waals surface area contributed by atoms with Crippen LogP contribution in [0.2, 0.25) is 10.0 Å². The molecule has 9 heteroatoms. The highest BCUT2D eigenvalue weighted by Gasteiger charge is 2.16. The molecule has 1 amide bonds. The van der Waals surface area contributed by atoms with Crippen LogP contribution in [0.5, 0.6) is 0 Å². The van der Waals surface area contributed by atoms with Crippen molar-refractivity contribution in [1.82, 2.24) is 4.90 Å². The number of para-hydroxylation sites is 1. The Hall–Kier alpha value is -1.64. The van der Waals surface area contributed by atoms with E-state index >= 15 is 0 Å². The lowest BCUT2D eigenvalue weighted by molar-refractivity contribution is -0.116. The fourth-order valence-corrected chi connectivity index (χ4v) is 3.49. The fraction of sp³-hybridized carbons (Fsp3) is 0.278. The van der Waals surface area contributed by atoms with Gasteiger partial charge in [0.25, 0.3) is 0 Å².